The summed E-state index contributed by atoms with van der Waals surface area (Å²) in [5, 5.41) is 9.49. The molecule has 1 N–H and O–H groups in total. The summed E-state index contributed by atoms with van der Waals surface area (Å²) < 4.78 is 69.7. The van der Waals surface area contributed by atoms with Crippen LogP contribution in [0.5, 0.6) is 5.88 Å². The van der Waals surface area contributed by atoms with Crippen LogP contribution in [0.4, 0.5) is 8.78 Å². The number of imidazole rings is 1. The normalized spacial score (nSPS) is 16.3. The molecule has 2 aromatic heterocycles. The Hall–Kier alpha value is -4.72. The Bertz CT molecular complexity index is 2150. The van der Waals surface area contributed by atoms with E-state index in [0.29, 0.717) is 43.1 Å². The molecule has 1 fully saturated rings. The Morgan fingerprint density at radius 3 is 2.57 bits per heavy atom. The molecule has 13 heteroatoms. The van der Waals surface area contributed by atoms with Gasteiger partial charge in [-0.3, -0.25) is 0 Å². The number of hydrogen-bond acceptors (Lipinski definition) is 7. The quantitative estimate of drug-likeness (QED) is 0.214. The Labute approximate surface area is 269 Å². The molecule has 4 heterocycles. The molecule has 242 valence electrons. The zero-order valence-corrected chi connectivity index (χ0v) is 26.1. The van der Waals surface area contributed by atoms with Gasteiger partial charge in [0.15, 0.2) is 0 Å². The highest BCUT2D eigenvalue weighted by Gasteiger charge is 2.26. The van der Waals surface area contributed by atoms with Gasteiger partial charge < -0.3 is 19.1 Å². The highest BCUT2D eigenvalue weighted by molar-refractivity contribution is 7.88. The number of pyridine rings is 1. The SMILES string of the molecule is CS(=O)(=O)N1Cc2ccc(COc3cccc(-c4cc(F)c(Cc5nc6ccc(C(=O)O)cc6n5CC5CCO5)cc4F)n3)cc2C1. The highest BCUT2D eigenvalue weighted by atomic mass is 32.2. The number of ether oxygens (including phenoxy) is 2. The Morgan fingerprint density at radius 2 is 1.83 bits per heavy atom. The number of aromatic nitrogens is 3. The van der Waals surface area contributed by atoms with Crippen LogP contribution in [0.2, 0.25) is 0 Å². The number of fused-ring (bicyclic) bond motifs is 2. The van der Waals surface area contributed by atoms with Crippen LogP contribution in [0, 0.1) is 11.6 Å². The lowest BCUT2D eigenvalue weighted by Crippen LogP contribution is -2.31. The standard InChI is InChI=1S/C34H30F2N4O6S/c1-47(43,44)39-16-22-6-5-20(11-24(22)17-39)19-46-33-4-2-3-29(38-33)26-15-27(35)23(12-28(26)36)14-32-37-30-8-7-21(34(41)42)13-31(30)40(32)18-25-9-10-45-25/h2-8,11-13,15,25H,9-10,14,16-19H2,1H3,(H,41,42). The minimum absolute atomic E-state index is 0.0217. The molecule has 7 rings (SSSR count). The molecule has 0 amide bonds. The fourth-order valence-corrected chi connectivity index (χ4v) is 6.66. The van der Waals surface area contributed by atoms with E-state index in [9.17, 15) is 18.3 Å². The van der Waals surface area contributed by atoms with Crippen LogP contribution in [0.25, 0.3) is 22.3 Å². The maximum atomic E-state index is 15.6. The van der Waals surface area contributed by atoms with Crippen molar-refractivity contribution < 1.29 is 36.6 Å². The van der Waals surface area contributed by atoms with Gasteiger partial charge in [-0.25, -0.2) is 32.0 Å². The second kappa shape index (κ2) is 12.1. The van der Waals surface area contributed by atoms with Crippen molar-refractivity contribution in [2.45, 2.75) is 45.2 Å². The molecule has 0 spiro atoms. The van der Waals surface area contributed by atoms with Gasteiger partial charge in [0.05, 0.1) is 41.2 Å². The van der Waals surface area contributed by atoms with Gasteiger partial charge in [0.2, 0.25) is 15.9 Å². The summed E-state index contributed by atoms with van der Waals surface area (Å²) in [7, 11) is -3.30. The van der Waals surface area contributed by atoms with Crippen molar-refractivity contribution in [3.63, 3.8) is 0 Å². The van der Waals surface area contributed by atoms with Crippen molar-refractivity contribution in [2.75, 3.05) is 12.9 Å². The van der Waals surface area contributed by atoms with Gasteiger partial charge in [-0.05, 0) is 65.1 Å². The molecule has 2 aliphatic heterocycles. The molecule has 1 saturated heterocycles. The monoisotopic (exact) mass is 660 g/mol. The zero-order chi connectivity index (χ0) is 32.9. The van der Waals surface area contributed by atoms with Gasteiger partial charge in [-0.2, -0.15) is 4.31 Å². The highest BCUT2D eigenvalue weighted by Crippen LogP contribution is 2.30. The second-order valence-electron chi connectivity index (χ2n) is 11.8. The minimum atomic E-state index is -3.30. The summed E-state index contributed by atoms with van der Waals surface area (Å²) in [4.78, 5) is 20.6. The number of carboxylic acid groups (broad SMARTS) is 1. The molecule has 1 atom stereocenters. The van der Waals surface area contributed by atoms with Crippen LogP contribution in [-0.4, -0.2) is 57.3 Å². The number of rotatable bonds is 10. The minimum Gasteiger partial charge on any atom is -0.478 e. The number of benzene rings is 3. The first-order valence-corrected chi connectivity index (χ1v) is 16.8. The zero-order valence-electron chi connectivity index (χ0n) is 25.3. The largest absolute Gasteiger partial charge is 0.478 e. The first-order valence-electron chi connectivity index (χ1n) is 15.0. The third-order valence-corrected chi connectivity index (χ3v) is 9.75. The van der Waals surface area contributed by atoms with E-state index < -0.39 is 27.6 Å². The van der Waals surface area contributed by atoms with E-state index in [1.54, 1.807) is 24.3 Å². The van der Waals surface area contributed by atoms with E-state index >= 15 is 8.78 Å². The van der Waals surface area contributed by atoms with Gasteiger partial charge in [-0.1, -0.05) is 24.3 Å². The molecule has 0 aliphatic carbocycles. The fourth-order valence-electron chi connectivity index (χ4n) is 5.91. The summed E-state index contributed by atoms with van der Waals surface area (Å²) in [6.07, 6.45) is 1.93. The Balaban J connectivity index is 1.10. The number of aromatic carboxylic acids is 1. The van der Waals surface area contributed by atoms with Gasteiger partial charge in [0, 0.05) is 37.7 Å². The van der Waals surface area contributed by atoms with E-state index in [-0.39, 0.29) is 47.4 Å². The lowest BCUT2D eigenvalue weighted by Gasteiger charge is -2.27. The predicted octanol–water partition coefficient (Wildman–Crippen LogP) is 5.31. The van der Waals surface area contributed by atoms with E-state index in [1.165, 1.54) is 22.7 Å². The molecular weight excluding hydrogens is 630 g/mol. The van der Waals surface area contributed by atoms with Crippen LogP contribution < -0.4 is 4.74 Å². The first-order chi connectivity index (χ1) is 22.5. The molecule has 1 unspecified atom stereocenters. The van der Waals surface area contributed by atoms with Gasteiger partial charge in [-0.15, -0.1) is 0 Å². The van der Waals surface area contributed by atoms with Gasteiger partial charge >= 0.3 is 5.97 Å². The summed E-state index contributed by atoms with van der Waals surface area (Å²) in [5.74, 6) is -1.69. The van der Waals surface area contributed by atoms with Crippen molar-refractivity contribution in [1.29, 1.82) is 0 Å². The Kier molecular flexibility index (Phi) is 7.98. The lowest BCUT2D eigenvalue weighted by atomic mass is 10.0. The third-order valence-electron chi connectivity index (χ3n) is 8.56. The second-order valence-corrected chi connectivity index (χ2v) is 13.8. The van der Waals surface area contributed by atoms with E-state index in [0.717, 1.165) is 35.2 Å². The molecule has 0 saturated carbocycles. The van der Waals surface area contributed by atoms with E-state index in [2.05, 4.69) is 9.97 Å². The number of sulfonamides is 1. The number of carboxylic acids is 1. The van der Waals surface area contributed by atoms with Crippen molar-refractivity contribution >= 4 is 27.0 Å². The van der Waals surface area contributed by atoms with E-state index in [4.69, 9.17) is 9.47 Å². The number of hydrogen-bond donors (Lipinski definition) is 1. The summed E-state index contributed by atoms with van der Waals surface area (Å²) in [6, 6.07) is 17.3. The summed E-state index contributed by atoms with van der Waals surface area (Å²) in [6.45, 7) is 1.84. The smallest absolute Gasteiger partial charge is 0.335 e. The molecule has 3 aromatic carbocycles. The number of nitrogens with zero attached hydrogens (tertiary/aromatic N) is 4. The van der Waals surface area contributed by atoms with Crippen LogP contribution >= 0.6 is 0 Å². The van der Waals surface area contributed by atoms with Crippen molar-refractivity contribution in [1.82, 2.24) is 18.8 Å². The average Bonchev–Trinajstić information content (AvgIpc) is 3.60. The summed E-state index contributed by atoms with van der Waals surface area (Å²) in [5.41, 5.74) is 4.18. The molecule has 47 heavy (non-hydrogen) atoms. The predicted molar refractivity (Wildman–Crippen MR) is 168 cm³/mol. The molecule has 2 aliphatic rings. The molecule has 5 aromatic rings. The lowest BCUT2D eigenvalue weighted by molar-refractivity contribution is -0.0589. The van der Waals surface area contributed by atoms with Crippen molar-refractivity contribution in [3.8, 4) is 17.1 Å². The van der Waals surface area contributed by atoms with Crippen LogP contribution in [0.15, 0.2) is 66.7 Å². The Morgan fingerprint density at radius 1 is 1.02 bits per heavy atom. The number of halogens is 2. The number of carbonyl (C=O) groups is 1. The van der Waals surface area contributed by atoms with Gasteiger partial charge in [0.1, 0.15) is 24.1 Å². The van der Waals surface area contributed by atoms with Crippen molar-refractivity contribution in [2.24, 2.45) is 0 Å². The molecule has 0 radical (unpaired) electrons. The summed E-state index contributed by atoms with van der Waals surface area (Å²) >= 11 is 0. The third kappa shape index (κ3) is 6.33. The molecule has 0 bridgehead atoms. The van der Waals surface area contributed by atoms with Crippen molar-refractivity contribution in [3.05, 3.63) is 112 Å². The van der Waals surface area contributed by atoms with Crippen LogP contribution in [0.1, 0.15) is 44.9 Å². The fraction of sp³-hybridized carbons (Fsp3) is 0.265. The molecular formula is C34H30F2N4O6S. The first kappa shape index (κ1) is 30.9. The molecule has 10 nitrogen and oxygen atoms in total. The topological polar surface area (TPSA) is 124 Å². The maximum Gasteiger partial charge on any atom is 0.335 e. The van der Waals surface area contributed by atoms with E-state index in [1.807, 2.05) is 22.8 Å². The van der Waals surface area contributed by atoms with Crippen LogP contribution in [-0.2, 0) is 47.4 Å². The average molecular weight is 661 g/mol. The maximum absolute atomic E-state index is 15.6. The van der Waals surface area contributed by atoms with Crippen LogP contribution in [0.3, 0.4) is 0 Å². The van der Waals surface area contributed by atoms with Gasteiger partial charge in [0.25, 0.3) is 0 Å².